The second kappa shape index (κ2) is 6.30. The van der Waals surface area contributed by atoms with Crippen molar-refractivity contribution in [3.8, 4) is 0 Å². The molecule has 1 heterocycles. The van der Waals surface area contributed by atoms with Crippen LogP contribution in [-0.2, 0) is 26.5 Å². The number of carbonyl (C=O) groups is 1. The second-order valence-corrected chi connectivity index (χ2v) is 5.25. The van der Waals surface area contributed by atoms with Crippen LogP contribution in [0.3, 0.4) is 0 Å². The second-order valence-electron chi connectivity index (χ2n) is 5.25. The maximum absolute atomic E-state index is 11.4. The van der Waals surface area contributed by atoms with Gasteiger partial charge in [-0.3, -0.25) is 4.79 Å². The Balaban J connectivity index is 1.83. The summed E-state index contributed by atoms with van der Waals surface area (Å²) in [4.78, 5) is 11.4. The number of amides is 1. The van der Waals surface area contributed by atoms with E-state index in [0.29, 0.717) is 6.42 Å². The lowest BCUT2D eigenvalue weighted by molar-refractivity contribution is -0.159. The van der Waals surface area contributed by atoms with Gasteiger partial charge in [0, 0.05) is 12.0 Å². The van der Waals surface area contributed by atoms with Crippen LogP contribution in [0.5, 0.6) is 0 Å². The molecule has 2 aromatic carbocycles. The van der Waals surface area contributed by atoms with E-state index in [0.717, 1.165) is 11.1 Å². The van der Waals surface area contributed by atoms with Gasteiger partial charge < -0.3 is 15.2 Å². The number of primary amides is 1. The van der Waals surface area contributed by atoms with Crippen LogP contribution in [0.15, 0.2) is 60.7 Å². The highest BCUT2D eigenvalue weighted by molar-refractivity contribution is 5.79. The van der Waals surface area contributed by atoms with Crippen LogP contribution >= 0.6 is 0 Å². The number of rotatable bonds is 5. The Morgan fingerprint density at radius 3 is 2.36 bits per heavy atom. The third-order valence-electron chi connectivity index (χ3n) is 3.71. The molecular weight excluding hydrogens is 278 g/mol. The lowest BCUT2D eigenvalue weighted by Crippen LogP contribution is -2.34. The molecule has 0 aliphatic carbocycles. The predicted octanol–water partition coefficient (Wildman–Crippen LogP) is 2.19. The molecule has 2 aromatic rings. The average molecular weight is 296 g/mol. The highest BCUT2D eigenvalue weighted by Gasteiger charge is 2.44. The summed E-state index contributed by atoms with van der Waals surface area (Å²) >= 11 is 0. The minimum Gasteiger partial charge on any atom is -0.367 e. The van der Waals surface area contributed by atoms with Gasteiger partial charge in [-0.2, -0.15) is 0 Å². The van der Waals surface area contributed by atoms with Crippen molar-refractivity contribution in [2.24, 2.45) is 5.73 Å². The zero-order chi connectivity index (χ0) is 15.4. The van der Waals surface area contributed by atoms with E-state index in [1.807, 2.05) is 67.1 Å². The molecule has 4 heteroatoms. The summed E-state index contributed by atoms with van der Waals surface area (Å²) in [5.74, 6) is -1.54. The lowest BCUT2D eigenvalue weighted by Gasteiger charge is -2.28. The molecule has 0 bridgehead atoms. The maximum atomic E-state index is 11.4. The van der Waals surface area contributed by atoms with Gasteiger partial charge in [0.15, 0.2) is 11.9 Å². The third-order valence-corrected chi connectivity index (χ3v) is 3.71. The molecule has 1 amide bonds. The monoisotopic (exact) mass is 296 g/mol. The minimum atomic E-state index is -1.03. The van der Waals surface area contributed by atoms with Gasteiger partial charge in [0.05, 0.1) is 6.61 Å². The Hall–Kier alpha value is -2.17. The number of carbonyl (C=O) groups excluding carboxylic acids is 1. The smallest absolute Gasteiger partial charge is 0.249 e. The van der Waals surface area contributed by atoms with Crippen molar-refractivity contribution < 1.29 is 14.3 Å². The average Bonchev–Trinajstić information content (AvgIpc) is 3.01. The standard InChI is InChI=1S/C18H18NO3/c19-17(20)16-13-21-18(22-16,15-9-5-2-6-10-15)12-11-14-7-3-1-4-8-14/h1-10,12,16H,11,13H2,(H2,19,20). The summed E-state index contributed by atoms with van der Waals surface area (Å²) in [7, 11) is 0. The van der Waals surface area contributed by atoms with Crippen LogP contribution in [-0.4, -0.2) is 18.6 Å². The molecule has 0 aromatic heterocycles. The van der Waals surface area contributed by atoms with E-state index in [-0.39, 0.29) is 6.61 Å². The Morgan fingerprint density at radius 2 is 1.77 bits per heavy atom. The van der Waals surface area contributed by atoms with Gasteiger partial charge in [0.25, 0.3) is 0 Å². The highest BCUT2D eigenvalue weighted by Crippen LogP contribution is 2.37. The Morgan fingerprint density at radius 1 is 1.14 bits per heavy atom. The van der Waals surface area contributed by atoms with Gasteiger partial charge in [-0.15, -0.1) is 0 Å². The summed E-state index contributed by atoms with van der Waals surface area (Å²) in [6.45, 7) is 0.162. The van der Waals surface area contributed by atoms with Crippen LogP contribution < -0.4 is 5.73 Å². The molecule has 3 rings (SSSR count). The predicted molar refractivity (Wildman–Crippen MR) is 82.6 cm³/mol. The van der Waals surface area contributed by atoms with E-state index in [9.17, 15) is 4.79 Å². The van der Waals surface area contributed by atoms with Crippen molar-refractivity contribution in [2.75, 3.05) is 6.61 Å². The molecular formula is C18H18NO3. The topological polar surface area (TPSA) is 61.6 Å². The zero-order valence-electron chi connectivity index (χ0n) is 12.1. The van der Waals surface area contributed by atoms with Crippen LogP contribution in [0, 0.1) is 6.42 Å². The summed E-state index contributed by atoms with van der Waals surface area (Å²) in [5, 5.41) is 0. The van der Waals surface area contributed by atoms with Crippen molar-refractivity contribution in [1.29, 1.82) is 0 Å². The molecule has 22 heavy (non-hydrogen) atoms. The summed E-state index contributed by atoms with van der Waals surface area (Å²) in [6, 6.07) is 19.6. The van der Waals surface area contributed by atoms with Crippen LogP contribution in [0.2, 0.25) is 0 Å². The van der Waals surface area contributed by atoms with E-state index < -0.39 is 17.8 Å². The normalized spacial score (nSPS) is 24.3. The van der Waals surface area contributed by atoms with E-state index in [1.165, 1.54) is 0 Å². The van der Waals surface area contributed by atoms with Gasteiger partial charge >= 0.3 is 0 Å². The first-order valence-electron chi connectivity index (χ1n) is 7.24. The van der Waals surface area contributed by atoms with Gasteiger partial charge in [0.2, 0.25) is 5.91 Å². The van der Waals surface area contributed by atoms with Crippen molar-refractivity contribution in [3.63, 3.8) is 0 Å². The van der Waals surface area contributed by atoms with Crippen LogP contribution in [0.1, 0.15) is 11.1 Å². The highest BCUT2D eigenvalue weighted by atomic mass is 16.7. The molecule has 113 valence electrons. The maximum Gasteiger partial charge on any atom is 0.249 e. The Kier molecular flexibility index (Phi) is 4.22. The molecule has 1 aliphatic heterocycles. The quantitative estimate of drug-likeness (QED) is 0.920. The van der Waals surface area contributed by atoms with Crippen molar-refractivity contribution in [1.82, 2.24) is 0 Å². The molecule has 0 saturated carbocycles. The molecule has 2 N–H and O–H groups in total. The van der Waals surface area contributed by atoms with E-state index in [4.69, 9.17) is 15.2 Å². The first kappa shape index (κ1) is 14.8. The number of hydrogen-bond acceptors (Lipinski definition) is 3. The molecule has 1 fully saturated rings. The number of ether oxygens (including phenoxy) is 2. The van der Waals surface area contributed by atoms with E-state index in [2.05, 4.69) is 0 Å². The van der Waals surface area contributed by atoms with Gasteiger partial charge in [-0.05, 0) is 12.0 Å². The molecule has 4 nitrogen and oxygen atoms in total. The SMILES string of the molecule is NC(=O)C1COC([CH]Cc2ccccc2)(c2ccccc2)O1. The number of benzene rings is 2. The fourth-order valence-corrected chi connectivity index (χ4v) is 2.53. The fourth-order valence-electron chi connectivity index (χ4n) is 2.53. The number of nitrogens with two attached hydrogens (primary N) is 1. The van der Waals surface area contributed by atoms with Gasteiger partial charge in [0.1, 0.15) is 0 Å². The summed E-state index contributed by atoms with van der Waals surface area (Å²) < 4.78 is 11.7. The molecule has 0 spiro atoms. The molecule has 2 unspecified atom stereocenters. The molecule has 2 atom stereocenters. The van der Waals surface area contributed by atoms with E-state index in [1.54, 1.807) is 0 Å². The summed E-state index contributed by atoms with van der Waals surface area (Å²) in [5.41, 5.74) is 7.35. The van der Waals surface area contributed by atoms with Gasteiger partial charge in [-0.25, -0.2) is 0 Å². The lowest BCUT2D eigenvalue weighted by atomic mass is 9.97. The zero-order valence-corrected chi connectivity index (χ0v) is 12.1. The first-order valence-corrected chi connectivity index (χ1v) is 7.24. The summed E-state index contributed by atoms with van der Waals surface area (Å²) in [6.07, 6.45) is 1.88. The van der Waals surface area contributed by atoms with E-state index >= 15 is 0 Å². The number of hydrogen-bond donors (Lipinski definition) is 1. The third kappa shape index (κ3) is 3.03. The van der Waals surface area contributed by atoms with Gasteiger partial charge in [-0.1, -0.05) is 60.7 Å². The van der Waals surface area contributed by atoms with Crippen LogP contribution in [0.4, 0.5) is 0 Å². The van der Waals surface area contributed by atoms with Crippen molar-refractivity contribution >= 4 is 5.91 Å². The molecule has 1 radical (unpaired) electrons. The molecule has 1 saturated heterocycles. The van der Waals surface area contributed by atoms with Crippen molar-refractivity contribution in [3.05, 3.63) is 78.2 Å². The minimum absolute atomic E-state index is 0.162. The first-order chi connectivity index (χ1) is 10.7. The molecule has 1 aliphatic rings. The Labute approximate surface area is 129 Å². The largest absolute Gasteiger partial charge is 0.367 e. The van der Waals surface area contributed by atoms with Crippen LogP contribution in [0.25, 0.3) is 0 Å². The Bertz CT molecular complexity index is 629. The van der Waals surface area contributed by atoms with Crippen molar-refractivity contribution in [2.45, 2.75) is 18.3 Å². The fraction of sp³-hybridized carbons (Fsp3) is 0.222.